The minimum Gasteiger partial charge on any atom is -0.444 e. The summed E-state index contributed by atoms with van der Waals surface area (Å²) in [5, 5.41) is 12.9. The van der Waals surface area contributed by atoms with Crippen LogP contribution in [0, 0.1) is 5.92 Å². The van der Waals surface area contributed by atoms with Crippen molar-refractivity contribution in [3.8, 4) is 0 Å². The summed E-state index contributed by atoms with van der Waals surface area (Å²) in [5.74, 6) is 0.552. The van der Waals surface area contributed by atoms with Crippen LogP contribution in [0.25, 0.3) is 0 Å². The van der Waals surface area contributed by atoms with Gasteiger partial charge in [-0.15, -0.1) is 0 Å². The van der Waals surface area contributed by atoms with E-state index in [1.165, 1.54) is 0 Å². The number of hydrogen-bond donors (Lipinski definition) is 2. The van der Waals surface area contributed by atoms with Crippen molar-refractivity contribution < 1.29 is 14.6 Å². The monoisotopic (exact) mass is 300 g/mol. The molecule has 1 aliphatic carbocycles. The average Bonchev–Trinajstić information content (AvgIpc) is 2.27. The van der Waals surface area contributed by atoms with Crippen LogP contribution in [0.2, 0.25) is 0 Å². The standard InChI is InChI=1S/C16H32N2O3/c1-11(2)10-18(6)14-9-12(19)7-8-13(14)17-15(20)21-16(3,4)5/h11-14,19H,7-10H2,1-6H3,(H,17,20). The number of rotatable bonds is 4. The van der Waals surface area contributed by atoms with Crippen LogP contribution in [0.3, 0.4) is 0 Å². The van der Waals surface area contributed by atoms with Crippen LogP contribution in [0.15, 0.2) is 0 Å². The van der Waals surface area contributed by atoms with Crippen molar-refractivity contribution in [2.75, 3.05) is 13.6 Å². The minimum absolute atomic E-state index is 0.0343. The molecule has 3 atom stereocenters. The highest BCUT2D eigenvalue weighted by molar-refractivity contribution is 5.68. The molecule has 0 bridgehead atoms. The highest BCUT2D eigenvalue weighted by atomic mass is 16.6. The van der Waals surface area contributed by atoms with Crippen molar-refractivity contribution in [2.24, 2.45) is 5.92 Å². The molecule has 0 aliphatic heterocycles. The molecule has 0 spiro atoms. The number of likely N-dealkylation sites (N-methyl/N-ethyl adjacent to an activating group) is 1. The molecule has 21 heavy (non-hydrogen) atoms. The summed E-state index contributed by atoms with van der Waals surface area (Å²) in [6, 6.07) is 0.190. The van der Waals surface area contributed by atoms with Crippen LogP contribution in [0.1, 0.15) is 53.9 Å². The van der Waals surface area contributed by atoms with Gasteiger partial charge in [-0.25, -0.2) is 4.79 Å². The Morgan fingerprint density at radius 3 is 2.52 bits per heavy atom. The van der Waals surface area contributed by atoms with E-state index in [0.717, 1.165) is 19.4 Å². The van der Waals surface area contributed by atoms with E-state index < -0.39 is 5.60 Å². The van der Waals surface area contributed by atoms with Gasteiger partial charge in [-0.05, 0) is 53.0 Å². The Kier molecular flexibility index (Phi) is 6.47. The van der Waals surface area contributed by atoms with E-state index in [1.54, 1.807) is 0 Å². The molecule has 0 radical (unpaired) electrons. The summed E-state index contributed by atoms with van der Waals surface area (Å²) in [7, 11) is 2.06. The third-order valence-electron chi connectivity index (χ3n) is 3.71. The zero-order chi connectivity index (χ0) is 16.2. The van der Waals surface area contributed by atoms with Gasteiger partial charge >= 0.3 is 6.09 Å². The first-order chi connectivity index (χ1) is 9.58. The molecule has 1 amide bonds. The van der Waals surface area contributed by atoms with Gasteiger partial charge in [-0.2, -0.15) is 0 Å². The molecule has 1 fully saturated rings. The van der Waals surface area contributed by atoms with Crippen LogP contribution < -0.4 is 5.32 Å². The lowest BCUT2D eigenvalue weighted by molar-refractivity contribution is 0.0267. The summed E-state index contributed by atoms with van der Waals surface area (Å²) >= 11 is 0. The smallest absolute Gasteiger partial charge is 0.407 e. The maximum Gasteiger partial charge on any atom is 0.407 e. The first-order valence-corrected chi connectivity index (χ1v) is 7.96. The van der Waals surface area contributed by atoms with Gasteiger partial charge in [0.1, 0.15) is 5.60 Å². The van der Waals surface area contributed by atoms with Crippen molar-refractivity contribution in [1.29, 1.82) is 0 Å². The second-order valence-corrected chi connectivity index (χ2v) is 7.62. The van der Waals surface area contributed by atoms with E-state index in [-0.39, 0.29) is 24.3 Å². The number of aliphatic hydroxyl groups excluding tert-OH is 1. The summed E-state index contributed by atoms with van der Waals surface area (Å²) < 4.78 is 5.35. The maximum absolute atomic E-state index is 12.0. The lowest BCUT2D eigenvalue weighted by Gasteiger charge is -2.40. The van der Waals surface area contributed by atoms with Gasteiger partial charge in [0.25, 0.3) is 0 Å². The Balaban J connectivity index is 2.65. The van der Waals surface area contributed by atoms with E-state index in [1.807, 2.05) is 20.8 Å². The Morgan fingerprint density at radius 2 is 2.00 bits per heavy atom. The van der Waals surface area contributed by atoms with Gasteiger partial charge in [-0.1, -0.05) is 13.8 Å². The fourth-order valence-corrected chi connectivity index (χ4v) is 2.95. The van der Waals surface area contributed by atoms with Crippen LogP contribution in [-0.2, 0) is 4.74 Å². The van der Waals surface area contributed by atoms with E-state index in [4.69, 9.17) is 4.74 Å². The molecular formula is C16H32N2O3. The molecule has 0 aromatic rings. The number of alkyl carbamates (subject to hydrolysis) is 1. The highest BCUT2D eigenvalue weighted by Gasteiger charge is 2.34. The molecule has 0 aromatic carbocycles. The first kappa shape index (κ1) is 18.2. The quantitative estimate of drug-likeness (QED) is 0.837. The van der Waals surface area contributed by atoms with Crippen LogP contribution >= 0.6 is 0 Å². The largest absolute Gasteiger partial charge is 0.444 e. The number of nitrogens with zero attached hydrogens (tertiary/aromatic N) is 1. The Morgan fingerprint density at radius 1 is 1.38 bits per heavy atom. The van der Waals surface area contributed by atoms with Crippen molar-refractivity contribution in [2.45, 2.75) is 77.7 Å². The molecular weight excluding hydrogens is 268 g/mol. The lowest BCUT2D eigenvalue weighted by atomic mass is 9.87. The van der Waals surface area contributed by atoms with Crippen LogP contribution in [0.4, 0.5) is 4.79 Å². The number of aliphatic hydroxyl groups is 1. The number of hydrogen-bond acceptors (Lipinski definition) is 4. The fourth-order valence-electron chi connectivity index (χ4n) is 2.95. The molecule has 0 aromatic heterocycles. The topological polar surface area (TPSA) is 61.8 Å². The molecule has 2 N–H and O–H groups in total. The van der Waals surface area contributed by atoms with Crippen molar-refractivity contribution in [3.05, 3.63) is 0 Å². The number of ether oxygens (including phenoxy) is 1. The van der Waals surface area contributed by atoms with Gasteiger partial charge < -0.3 is 20.1 Å². The maximum atomic E-state index is 12.0. The third kappa shape index (κ3) is 6.66. The zero-order valence-electron chi connectivity index (χ0n) is 14.3. The first-order valence-electron chi connectivity index (χ1n) is 7.96. The summed E-state index contributed by atoms with van der Waals surface area (Å²) in [4.78, 5) is 14.2. The minimum atomic E-state index is -0.488. The molecule has 5 heteroatoms. The van der Waals surface area contributed by atoms with Gasteiger partial charge in [0.2, 0.25) is 0 Å². The van der Waals surface area contributed by atoms with E-state index >= 15 is 0 Å². The molecule has 3 unspecified atom stereocenters. The predicted molar refractivity (Wildman–Crippen MR) is 84.3 cm³/mol. The Hall–Kier alpha value is -0.810. The van der Waals surface area contributed by atoms with E-state index in [2.05, 4.69) is 31.1 Å². The zero-order valence-corrected chi connectivity index (χ0v) is 14.3. The average molecular weight is 300 g/mol. The van der Waals surface area contributed by atoms with Gasteiger partial charge in [-0.3, -0.25) is 0 Å². The normalized spacial score (nSPS) is 27.0. The van der Waals surface area contributed by atoms with E-state index in [0.29, 0.717) is 12.3 Å². The molecule has 124 valence electrons. The molecule has 0 heterocycles. The Labute approximate surface area is 129 Å². The SMILES string of the molecule is CC(C)CN(C)C1CC(O)CCC1NC(=O)OC(C)(C)C. The number of carbonyl (C=O) groups excluding carboxylic acids is 1. The second kappa shape index (κ2) is 7.45. The van der Waals surface area contributed by atoms with E-state index in [9.17, 15) is 9.90 Å². The predicted octanol–water partition coefficient (Wildman–Crippen LogP) is 2.38. The van der Waals surface area contributed by atoms with Gasteiger partial charge in [0.15, 0.2) is 0 Å². The molecule has 1 rings (SSSR count). The summed E-state index contributed by atoms with van der Waals surface area (Å²) in [6.45, 7) is 10.9. The molecule has 1 aliphatic rings. The lowest BCUT2D eigenvalue weighted by Crippen LogP contribution is -2.55. The highest BCUT2D eigenvalue weighted by Crippen LogP contribution is 2.24. The van der Waals surface area contributed by atoms with Crippen molar-refractivity contribution in [1.82, 2.24) is 10.2 Å². The van der Waals surface area contributed by atoms with Crippen molar-refractivity contribution >= 4 is 6.09 Å². The summed E-state index contributed by atoms with van der Waals surface area (Å²) in [6.07, 6.45) is 1.57. The van der Waals surface area contributed by atoms with Crippen LogP contribution in [-0.4, -0.2) is 53.5 Å². The molecule has 1 saturated carbocycles. The number of carbonyl (C=O) groups is 1. The second-order valence-electron chi connectivity index (χ2n) is 7.62. The Bertz CT molecular complexity index is 339. The molecule has 0 saturated heterocycles. The third-order valence-corrected chi connectivity index (χ3v) is 3.71. The van der Waals surface area contributed by atoms with Gasteiger partial charge in [0.05, 0.1) is 6.10 Å². The van der Waals surface area contributed by atoms with Crippen LogP contribution in [0.5, 0.6) is 0 Å². The van der Waals surface area contributed by atoms with Crippen molar-refractivity contribution in [3.63, 3.8) is 0 Å². The molecule has 5 nitrogen and oxygen atoms in total. The number of amides is 1. The fraction of sp³-hybridized carbons (Fsp3) is 0.938. The van der Waals surface area contributed by atoms with Gasteiger partial charge in [0, 0.05) is 18.6 Å². The number of nitrogens with one attached hydrogen (secondary N) is 1. The summed E-state index contributed by atoms with van der Waals surface area (Å²) in [5.41, 5.74) is -0.488.